The summed E-state index contributed by atoms with van der Waals surface area (Å²) in [4.78, 5) is 36.4. The zero-order chi connectivity index (χ0) is 21.8. The summed E-state index contributed by atoms with van der Waals surface area (Å²) in [6.45, 7) is 3.96. The molecule has 0 radical (unpaired) electrons. The molecule has 2 bridgehead atoms. The Kier molecular flexibility index (Phi) is 4.90. The van der Waals surface area contributed by atoms with Crippen LogP contribution < -0.4 is 10.6 Å². The van der Waals surface area contributed by atoms with E-state index in [1.807, 2.05) is 6.92 Å². The molecule has 5 atom stereocenters. The van der Waals surface area contributed by atoms with Crippen LogP contribution in [-0.2, 0) is 26.2 Å². The molecule has 1 saturated carbocycles. The Bertz CT molecular complexity index is 930. The fraction of sp³-hybridized carbons (Fsp3) is 0.591. The number of ketones is 1. The molecule has 0 spiro atoms. The number of hydrogen-bond acceptors (Lipinski definition) is 6. The average molecular weight is 416 g/mol. The van der Waals surface area contributed by atoms with Gasteiger partial charge in [-0.15, -0.1) is 0 Å². The van der Waals surface area contributed by atoms with Crippen molar-refractivity contribution in [1.29, 1.82) is 0 Å². The van der Waals surface area contributed by atoms with Gasteiger partial charge < -0.3 is 26.0 Å². The zero-order valence-electron chi connectivity index (χ0n) is 17.2. The van der Waals surface area contributed by atoms with Gasteiger partial charge in [0.2, 0.25) is 5.91 Å². The standard InChI is InChI=1S/C22H28N2O6/c1-11-5-14(25)7-16-15(11)8-18-22(30)9-13(6-19(27)24-12(2)20(28)29)17(26)10-21(16,22)3-4-23-18/h5,7,12-13,18,23,25,30H,3-4,6,8-10H2,1-2H3,(H,24,27)(H,28,29)/t12-,13-,18+,21+,22+/m0/s1. The van der Waals surface area contributed by atoms with Crippen molar-refractivity contribution < 1.29 is 29.7 Å². The third kappa shape index (κ3) is 3.01. The maximum absolute atomic E-state index is 13.1. The van der Waals surface area contributed by atoms with Crippen molar-refractivity contribution in [3.8, 4) is 5.75 Å². The number of carbonyl (C=O) groups excluding carboxylic acids is 2. The summed E-state index contributed by atoms with van der Waals surface area (Å²) in [7, 11) is 0. The third-order valence-corrected chi connectivity index (χ3v) is 7.40. The lowest BCUT2D eigenvalue weighted by molar-refractivity contribution is -0.161. The number of aromatic hydroxyl groups is 1. The molecule has 0 unspecified atom stereocenters. The first-order chi connectivity index (χ1) is 14.1. The molecule has 1 heterocycles. The second-order valence-electron chi connectivity index (χ2n) is 9.13. The number of carboxylic acid groups (broad SMARTS) is 1. The number of piperidine rings is 1. The molecule has 1 amide bonds. The van der Waals surface area contributed by atoms with Gasteiger partial charge in [-0.1, -0.05) is 0 Å². The van der Waals surface area contributed by atoms with Crippen molar-refractivity contribution >= 4 is 17.7 Å². The van der Waals surface area contributed by atoms with Crippen LogP contribution >= 0.6 is 0 Å². The van der Waals surface area contributed by atoms with Gasteiger partial charge >= 0.3 is 5.97 Å². The number of phenolic OH excluding ortho intramolecular Hbond substituents is 1. The predicted octanol–water partition coefficient (Wildman–Crippen LogP) is 0.546. The van der Waals surface area contributed by atoms with E-state index in [2.05, 4.69) is 10.6 Å². The molecule has 162 valence electrons. The number of aliphatic hydroxyl groups is 1. The Hall–Kier alpha value is -2.45. The molecule has 4 rings (SSSR count). The monoisotopic (exact) mass is 416 g/mol. The molecule has 2 aliphatic carbocycles. The molecule has 3 aliphatic rings. The number of carboxylic acids is 1. The average Bonchev–Trinajstić information content (AvgIpc) is 2.63. The predicted molar refractivity (Wildman–Crippen MR) is 107 cm³/mol. The van der Waals surface area contributed by atoms with E-state index in [4.69, 9.17) is 5.11 Å². The molecular formula is C22H28N2O6. The van der Waals surface area contributed by atoms with E-state index < -0.39 is 34.9 Å². The van der Waals surface area contributed by atoms with Gasteiger partial charge in [0.15, 0.2) is 0 Å². The molecule has 8 heteroatoms. The summed E-state index contributed by atoms with van der Waals surface area (Å²) < 4.78 is 0. The second kappa shape index (κ2) is 7.06. The van der Waals surface area contributed by atoms with Crippen LogP contribution in [0.1, 0.15) is 49.3 Å². The molecule has 1 aliphatic heterocycles. The first-order valence-electron chi connectivity index (χ1n) is 10.4. The Morgan fingerprint density at radius 1 is 1.37 bits per heavy atom. The highest BCUT2D eigenvalue weighted by Gasteiger charge is 2.65. The molecule has 1 saturated heterocycles. The molecule has 0 aromatic heterocycles. The van der Waals surface area contributed by atoms with E-state index in [1.165, 1.54) is 6.92 Å². The molecule has 1 aromatic rings. The number of nitrogens with one attached hydrogen (secondary N) is 2. The van der Waals surface area contributed by atoms with Gasteiger partial charge in [-0.2, -0.15) is 0 Å². The van der Waals surface area contributed by atoms with Crippen molar-refractivity contribution in [2.24, 2.45) is 5.92 Å². The van der Waals surface area contributed by atoms with Crippen molar-refractivity contribution in [3.63, 3.8) is 0 Å². The van der Waals surface area contributed by atoms with Gasteiger partial charge in [0.1, 0.15) is 17.6 Å². The van der Waals surface area contributed by atoms with Crippen LogP contribution in [0.2, 0.25) is 0 Å². The Balaban J connectivity index is 1.67. The Labute approximate surface area is 174 Å². The van der Waals surface area contributed by atoms with E-state index >= 15 is 0 Å². The van der Waals surface area contributed by atoms with Gasteiger partial charge in [0, 0.05) is 30.2 Å². The lowest BCUT2D eigenvalue weighted by Gasteiger charge is -2.62. The fourth-order valence-corrected chi connectivity index (χ4v) is 5.87. The van der Waals surface area contributed by atoms with Gasteiger partial charge in [-0.25, -0.2) is 0 Å². The van der Waals surface area contributed by atoms with Gasteiger partial charge in [0.25, 0.3) is 0 Å². The molecule has 5 N–H and O–H groups in total. The smallest absolute Gasteiger partial charge is 0.325 e. The number of aryl methyl sites for hydroxylation is 1. The topological polar surface area (TPSA) is 136 Å². The third-order valence-electron chi connectivity index (χ3n) is 7.40. The molecule has 8 nitrogen and oxygen atoms in total. The maximum Gasteiger partial charge on any atom is 0.325 e. The van der Waals surface area contributed by atoms with Gasteiger partial charge in [-0.05, 0) is 68.5 Å². The first kappa shape index (κ1) is 20.8. The number of amides is 1. The van der Waals surface area contributed by atoms with Gasteiger partial charge in [0.05, 0.1) is 5.60 Å². The van der Waals surface area contributed by atoms with Crippen LogP contribution in [0.15, 0.2) is 12.1 Å². The van der Waals surface area contributed by atoms with E-state index in [9.17, 15) is 24.6 Å². The number of hydrogen-bond donors (Lipinski definition) is 5. The normalized spacial score (nSPS) is 33.2. The molecule has 1 aromatic carbocycles. The molecule has 30 heavy (non-hydrogen) atoms. The van der Waals surface area contributed by atoms with Crippen molar-refractivity contribution in [2.75, 3.05) is 6.54 Å². The minimum Gasteiger partial charge on any atom is -0.508 e. The van der Waals surface area contributed by atoms with Crippen LogP contribution in [-0.4, -0.2) is 57.2 Å². The largest absolute Gasteiger partial charge is 0.508 e. The number of carbonyl (C=O) groups is 3. The molecule has 2 fully saturated rings. The van der Waals surface area contributed by atoms with Crippen molar-refractivity contribution in [3.05, 3.63) is 28.8 Å². The summed E-state index contributed by atoms with van der Waals surface area (Å²) in [6, 6.07) is 2.10. The summed E-state index contributed by atoms with van der Waals surface area (Å²) in [5, 5.41) is 36.9. The number of Topliss-reactive ketones (excluding diaryl/α,β-unsaturated/α-hetero) is 1. The minimum absolute atomic E-state index is 0.101. The SMILES string of the molecule is Cc1cc(O)cc2c1C[C@H]1NCC[C@@]23CC(=O)[C@@H](CC(=O)N[C@@H](C)C(=O)O)C[C@@]13O. The number of benzene rings is 1. The van der Waals surface area contributed by atoms with Crippen LogP contribution in [0.25, 0.3) is 0 Å². The summed E-state index contributed by atoms with van der Waals surface area (Å²) >= 11 is 0. The number of aliphatic carboxylic acids is 1. The van der Waals surface area contributed by atoms with Crippen LogP contribution in [0.4, 0.5) is 0 Å². The number of phenols is 1. The van der Waals surface area contributed by atoms with Crippen molar-refractivity contribution in [1.82, 2.24) is 10.6 Å². The van der Waals surface area contributed by atoms with Crippen LogP contribution in [0, 0.1) is 12.8 Å². The van der Waals surface area contributed by atoms with E-state index in [1.54, 1.807) is 12.1 Å². The van der Waals surface area contributed by atoms with Crippen molar-refractivity contribution in [2.45, 2.75) is 69.1 Å². The van der Waals surface area contributed by atoms with Crippen LogP contribution in [0.5, 0.6) is 5.75 Å². The van der Waals surface area contributed by atoms with E-state index in [0.717, 1.165) is 16.7 Å². The highest BCUT2D eigenvalue weighted by atomic mass is 16.4. The number of fused-ring (bicyclic) bond motifs is 1. The van der Waals surface area contributed by atoms with Gasteiger partial charge in [-0.3, -0.25) is 14.4 Å². The highest BCUT2D eigenvalue weighted by molar-refractivity contribution is 5.91. The fourth-order valence-electron chi connectivity index (χ4n) is 5.87. The van der Waals surface area contributed by atoms with E-state index in [0.29, 0.717) is 19.4 Å². The van der Waals surface area contributed by atoms with E-state index in [-0.39, 0.29) is 36.8 Å². The minimum atomic E-state index is -1.23. The highest BCUT2D eigenvalue weighted by Crippen LogP contribution is 2.57. The maximum atomic E-state index is 13.1. The number of rotatable bonds is 4. The molecular weight excluding hydrogens is 388 g/mol. The zero-order valence-corrected chi connectivity index (χ0v) is 17.2. The Morgan fingerprint density at radius 3 is 2.80 bits per heavy atom. The summed E-state index contributed by atoms with van der Waals surface area (Å²) in [5.41, 5.74) is 0.829. The first-order valence-corrected chi connectivity index (χ1v) is 10.4. The lowest BCUT2D eigenvalue weighted by Crippen LogP contribution is -2.73. The lowest BCUT2D eigenvalue weighted by atomic mass is 9.48. The summed E-state index contributed by atoms with van der Waals surface area (Å²) in [5.74, 6) is -2.31. The Morgan fingerprint density at radius 2 is 2.10 bits per heavy atom. The summed E-state index contributed by atoms with van der Waals surface area (Å²) in [6.07, 6.45) is 1.24. The quantitative estimate of drug-likeness (QED) is 0.483. The van der Waals surface area contributed by atoms with Crippen LogP contribution in [0.3, 0.4) is 0 Å². The second-order valence-corrected chi connectivity index (χ2v) is 9.13.